The third kappa shape index (κ3) is 4.30. The predicted molar refractivity (Wildman–Crippen MR) is 119 cm³/mol. The van der Waals surface area contributed by atoms with Gasteiger partial charge in [-0.05, 0) is 67.0 Å². The Hall–Kier alpha value is -2.26. The van der Waals surface area contributed by atoms with Gasteiger partial charge in [0.1, 0.15) is 10.6 Å². The molecule has 210 valence electrons. The molecule has 0 spiro atoms. The molecule has 2 aromatic carbocycles. The van der Waals surface area contributed by atoms with Crippen LogP contribution in [0.1, 0.15) is 36.0 Å². The summed E-state index contributed by atoms with van der Waals surface area (Å²) >= 11 is 0. The van der Waals surface area contributed by atoms with Gasteiger partial charge in [0.05, 0.1) is 11.2 Å². The standard InChI is InChI=1S/C23H21F8NO4S2/c1-37(33,34)32-19-10-11-20(38(35,36)16-6-4-15(24)5-7-16)17-9-3-14(12-13(17)2-8-18(19)20)21(25,22(26,27)28)23(29,30)31/h3-7,9,12,18-19,32H,2,8,10-11H2,1H3/t18-,19+,20+/m0/s1. The van der Waals surface area contributed by atoms with Crippen molar-refractivity contribution in [3.8, 4) is 0 Å². The van der Waals surface area contributed by atoms with Crippen LogP contribution in [0.15, 0.2) is 47.4 Å². The van der Waals surface area contributed by atoms with Gasteiger partial charge in [-0.1, -0.05) is 18.2 Å². The first-order valence-electron chi connectivity index (χ1n) is 11.2. The van der Waals surface area contributed by atoms with Crippen molar-refractivity contribution >= 4 is 19.9 Å². The fourth-order valence-electron chi connectivity index (χ4n) is 5.80. The van der Waals surface area contributed by atoms with E-state index < -0.39 is 66.0 Å². The summed E-state index contributed by atoms with van der Waals surface area (Å²) in [6.45, 7) is 0. The van der Waals surface area contributed by atoms with Crippen LogP contribution in [0.5, 0.6) is 0 Å². The van der Waals surface area contributed by atoms with E-state index in [0.29, 0.717) is 6.07 Å². The summed E-state index contributed by atoms with van der Waals surface area (Å²) in [4.78, 5) is -0.369. The molecule has 0 saturated heterocycles. The summed E-state index contributed by atoms with van der Waals surface area (Å²) < 4.78 is 161. The highest BCUT2D eigenvalue weighted by Gasteiger charge is 2.73. The first kappa shape index (κ1) is 28.7. The minimum Gasteiger partial charge on any atom is -0.223 e. The molecule has 0 unspecified atom stereocenters. The Kier molecular flexibility index (Phi) is 6.72. The van der Waals surface area contributed by atoms with Crippen molar-refractivity contribution in [1.29, 1.82) is 0 Å². The van der Waals surface area contributed by atoms with Gasteiger partial charge in [-0.25, -0.2) is 30.3 Å². The molecule has 0 aliphatic heterocycles. The number of benzene rings is 2. The lowest BCUT2D eigenvalue weighted by atomic mass is 9.74. The van der Waals surface area contributed by atoms with Crippen LogP contribution in [-0.2, 0) is 36.7 Å². The van der Waals surface area contributed by atoms with Gasteiger partial charge in [-0.3, -0.25) is 0 Å². The molecule has 4 rings (SSSR count). The molecule has 1 fully saturated rings. The second-order valence-corrected chi connectivity index (χ2v) is 13.5. The van der Waals surface area contributed by atoms with Gasteiger partial charge in [0, 0.05) is 11.6 Å². The molecule has 0 heterocycles. The summed E-state index contributed by atoms with van der Waals surface area (Å²) in [7, 11) is -8.35. The molecule has 3 atom stereocenters. The van der Waals surface area contributed by atoms with E-state index in [1.165, 1.54) is 0 Å². The molecule has 15 heteroatoms. The second kappa shape index (κ2) is 8.88. The molecule has 38 heavy (non-hydrogen) atoms. The van der Waals surface area contributed by atoms with Crippen LogP contribution in [0.3, 0.4) is 0 Å². The lowest BCUT2D eigenvalue weighted by Gasteiger charge is -2.42. The molecule has 2 aliphatic carbocycles. The summed E-state index contributed by atoms with van der Waals surface area (Å²) in [5, 5.41) is 0. The minimum atomic E-state index is -6.35. The topological polar surface area (TPSA) is 80.3 Å². The van der Waals surface area contributed by atoms with Crippen LogP contribution in [0.4, 0.5) is 35.1 Å². The largest absolute Gasteiger partial charge is 0.435 e. The fourth-order valence-corrected chi connectivity index (χ4v) is 9.10. The number of nitrogens with one attached hydrogen (secondary N) is 1. The summed E-state index contributed by atoms with van der Waals surface area (Å²) in [5.74, 6) is -1.72. The second-order valence-electron chi connectivity index (χ2n) is 9.55. The number of aryl methyl sites for hydroxylation is 1. The highest BCUT2D eigenvalue weighted by atomic mass is 32.2. The van der Waals surface area contributed by atoms with Gasteiger partial charge in [0.15, 0.2) is 9.84 Å². The maximum Gasteiger partial charge on any atom is 0.435 e. The first-order chi connectivity index (χ1) is 17.3. The predicted octanol–water partition coefficient (Wildman–Crippen LogP) is 5.06. The van der Waals surface area contributed by atoms with Crippen molar-refractivity contribution in [1.82, 2.24) is 4.72 Å². The monoisotopic (exact) mass is 591 g/mol. The Morgan fingerprint density at radius 3 is 1.97 bits per heavy atom. The number of halogens is 8. The molecule has 2 aliphatic rings. The van der Waals surface area contributed by atoms with E-state index in [4.69, 9.17) is 0 Å². The molecule has 0 bridgehead atoms. The van der Waals surface area contributed by atoms with Gasteiger partial charge in [0.25, 0.3) is 0 Å². The highest BCUT2D eigenvalue weighted by Crippen LogP contribution is 2.59. The van der Waals surface area contributed by atoms with Crippen LogP contribution in [0, 0.1) is 11.7 Å². The third-order valence-corrected chi connectivity index (χ3v) is 10.7. The lowest BCUT2D eigenvalue weighted by Crippen LogP contribution is -2.51. The Morgan fingerprint density at radius 2 is 1.45 bits per heavy atom. The average Bonchev–Trinajstić information content (AvgIpc) is 3.15. The molecule has 0 radical (unpaired) electrons. The quantitative estimate of drug-likeness (QED) is 0.390. The van der Waals surface area contributed by atoms with E-state index in [0.717, 1.165) is 36.6 Å². The van der Waals surface area contributed by atoms with Crippen molar-refractivity contribution in [2.45, 2.75) is 59.4 Å². The third-order valence-electron chi connectivity index (χ3n) is 7.35. The van der Waals surface area contributed by atoms with Gasteiger partial charge in [0.2, 0.25) is 10.0 Å². The van der Waals surface area contributed by atoms with Gasteiger partial charge >= 0.3 is 18.0 Å². The molecular formula is C23H21F8NO4S2. The number of fused-ring (bicyclic) bond motifs is 3. The van der Waals surface area contributed by atoms with Crippen LogP contribution in [-0.4, -0.2) is 41.5 Å². The van der Waals surface area contributed by atoms with Gasteiger partial charge < -0.3 is 0 Å². The number of hydrogen-bond acceptors (Lipinski definition) is 4. The maximum atomic E-state index is 14.8. The number of rotatable bonds is 5. The van der Waals surface area contributed by atoms with Crippen molar-refractivity contribution in [3.63, 3.8) is 0 Å². The van der Waals surface area contributed by atoms with Crippen LogP contribution in [0.2, 0.25) is 0 Å². The summed E-state index contributed by atoms with van der Waals surface area (Å²) in [6.07, 6.45) is -12.5. The zero-order valence-electron chi connectivity index (χ0n) is 19.5. The molecule has 1 saturated carbocycles. The zero-order chi connectivity index (χ0) is 28.5. The number of sulfonamides is 1. The van der Waals surface area contributed by atoms with E-state index in [-0.39, 0.29) is 47.8 Å². The molecule has 2 aromatic rings. The number of alkyl halides is 7. The van der Waals surface area contributed by atoms with Crippen LogP contribution < -0.4 is 4.72 Å². The Bertz CT molecular complexity index is 1440. The Labute approximate surface area is 213 Å². The van der Waals surface area contributed by atoms with Crippen molar-refractivity contribution in [2.75, 3.05) is 6.26 Å². The van der Waals surface area contributed by atoms with Crippen LogP contribution in [0.25, 0.3) is 0 Å². The SMILES string of the molecule is CS(=O)(=O)N[C@@H]1CC[C@@]2(S(=O)(=O)c3ccc(F)cc3)c3ccc(C(F)(C(F)(F)F)C(F)(F)F)cc3CC[C@@H]12. The van der Waals surface area contributed by atoms with E-state index in [1.807, 2.05) is 0 Å². The van der Waals surface area contributed by atoms with Crippen molar-refractivity contribution in [2.24, 2.45) is 5.92 Å². The molecule has 5 nitrogen and oxygen atoms in total. The van der Waals surface area contributed by atoms with Crippen LogP contribution >= 0.6 is 0 Å². The minimum absolute atomic E-state index is 0.0164. The molecule has 1 N–H and O–H groups in total. The van der Waals surface area contributed by atoms with Crippen molar-refractivity contribution in [3.05, 3.63) is 65.0 Å². The average molecular weight is 592 g/mol. The zero-order valence-corrected chi connectivity index (χ0v) is 21.1. The fraction of sp³-hybridized carbons (Fsp3) is 0.478. The number of sulfone groups is 1. The summed E-state index contributed by atoms with van der Waals surface area (Å²) in [5.41, 5.74) is -7.83. The normalized spacial score (nSPS) is 24.7. The van der Waals surface area contributed by atoms with Crippen molar-refractivity contribution < 1.29 is 52.0 Å². The smallest absolute Gasteiger partial charge is 0.223 e. The van der Waals surface area contributed by atoms with E-state index in [9.17, 15) is 52.0 Å². The highest BCUT2D eigenvalue weighted by molar-refractivity contribution is 7.92. The Balaban J connectivity index is 1.96. The van der Waals surface area contributed by atoms with E-state index in [2.05, 4.69) is 4.72 Å². The molecule has 0 amide bonds. The maximum absolute atomic E-state index is 14.8. The van der Waals surface area contributed by atoms with Gasteiger partial charge in [-0.2, -0.15) is 26.3 Å². The Morgan fingerprint density at radius 1 is 0.868 bits per heavy atom. The number of hydrogen-bond donors (Lipinski definition) is 1. The first-order valence-corrected chi connectivity index (χ1v) is 14.6. The lowest BCUT2D eigenvalue weighted by molar-refractivity contribution is -0.348. The van der Waals surface area contributed by atoms with Gasteiger partial charge in [-0.15, -0.1) is 0 Å². The van der Waals surface area contributed by atoms with E-state index >= 15 is 0 Å². The molecule has 0 aromatic heterocycles. The summed E-state index contributed by atoms with van der Waals surface area (Å²) in [6, 6.07) is 4.15. The molecular weight excluding hydrogens is 570 g/mol. The van der Waals surface area contributed by atoms with E-state index in [1.54, 1.807) is 0 Å².